The number of aliphatic carboxylic acids is 1. The van der Waals surface area contributed by atoms with Gasteiger partial charge in [0, 0.05) is 37.5 Å². The van der Waals surface area contributed by atoms with Crippen LogP contribution in [-0.4, -0.2) is 65.1 Å². The van der Waals surface area contributed by atoms with Gasteiger partial charge in [-0.2, -0.15) is 0 Å². The van der Waals surface area contributed by atoms with Crippen molar-refractivity contribution in [3.05, 3.63) is 59.3 Å². The van der Waals surface area contributed by atoms with Crippen molar-refractivity contribution >= 4 is 17.5 Å². The number of nitrogens with zero attached hydrogens (tertiary/aromatic N) is 2. The maximum Gasteiger partial charge on any atom is 0.325 e. The van der Waals surface area contributed by atoms with E-state index in [1.807, 2.05) is 4.90 Å². The highest BCUT2D eigenvalue weighted by Crippen LogP contribution is 2.25. The van der Waals surface area contributed by atoms with Gasteiger partial charge in [0.1, 0.15) is 11.9 Å². The highest BCUT2D eigenvalue weighted by atomic mass is 16.5. The number of hydrogen-bond donors (Lipinski definition) is 3. The van der Waals surface area contributed by atoms with E-state index in [4.69, 9.17) is 15.1 Å². The van der Waals surface area contributed by atoms with Gasteiger partial charge in [-0.25, -0.2) is 4.98 Å². The van der Waals surface area contributed by atoms with E-state index >= 15 is 0 Å². The number of allylic oxidation sites excluding steroid dienone is 4. The Morgan fingerprint density at radius 2 is 2.19 bits per heavy atom. The van der Waals surface area contributed by atoms with Gasteiger partial charge in [-0.1, -0.05) is 37.3 Å². The SMILES string of the molecule is C=C1C=CC=C(C(C(=O)O)N2CC(OCCCCCc3ccc4c(n3)NCCC4)C2)C1=N. The number of carbonyl (C=O) groups is 1. The molecule has 4 rings (SSSR count). The van der Waals surface area contributed by atoms with Crippen LogP contribution in [0.4, 0.5) is 5.82 Å². The lowest BCUT2D eigenvalue weighted by Crippen LogP contribution is -2.60. The van der Waals surface area contributed by atoms with E-state index in [2.05, 4.69) is 24.0 Å². The predicted molar refractivity (Wildman–Crippen MR) is 125 cm³/mol. The maximum absolute atomic E-state index is 11.8. The molecule has 0 bridgehead atoms. The second kappa shape index (κ2) is 10.2. The molecule has 0 amide bonds. The Bertz CT molecular complexity index is 947. The molecule has 7 heteroatoms. The van der Waals surface area contributed by atoms with Gasteiger partial charge in [0.2, 0.25) is 0 Å². The third-order valence-electron chi connectivity index (χ3n) is 6.34. The van der Waals surface area contributed by atoms with Crippen LogP contribution in [0, 0.1) is 5.41 Å². The summed E-state index contributed by atoms with van der Waals surface area (Å²) in [5.74, 6) is 0.124. The van der Waals surface area contributed by atoms with Crippen molar-refractivity contribution in [3.8, 4) is 0 Å². The molecule has 1 atom stereocenters. The van der Waals surface area contributed by atoms with E-state index in [0.29, 0.717) is 30.8 Å². The molecule has 1 unspecified atom stereocenters. The van der Waals surface area contributed by atoms with E-state index in [1.165, 1.54) is 12.0 Å². The molecule has 1 aliphatic carbocycles. The van der Waals surface area contributed by atoms with E-state index in [-0.39, 0.29) is 11.8 Å². The van der Waals surface area contributed by atoms with Crippen LogP contribution < -0.4 is 5.32 Å². The molecule has 32 heavy (non-hydrogen) atoms. The van der Waals surface area contributed by atoms with Crippen molar-refractivity contribution < 1.29 is 14.6 Å². The summed E-state index contributed by atoms with van der Waals surface area (Å²) in [5, 5.41) is 21.2. The van der Waals surface area contributed by atoms with Gasteiger partial charge < -0.3 is 15.2 Å². The van der Waals surface area contributed by atoms with Gasteiger partial charge in [0.25, 0.3) is 0 Å². The molecule has 3 heterocycles. The second-order valence-corrected chi connectivity index (χ2v) is 8.72. The molecule has 1 fully saturated rings. The summed E-state index contributed by atoms with van der Waals surface area (Å²) in [7, 11) is 0. The maximum atomic E-state index is 11.8. The summed E-state index contributed by atoms with van der Waals surface area (Å²) in [5.41, 5.74) is 3.71. The molecule has 0 saturated carbocycles. The number of unbranched alkanes of at least 4 members (excludes halogenated alkanes) is 2. The number of carboxylic acids is 1. The van der Waals surface area contributed by atoms with Crippen LogP contribution >= 0.6 is 0 Å². The molecule has 0 spiro atoms. The molecule has 3 aliphatic rings. The summed E-state index contributed by atoms with van der Waals surface area (Å²) in [6, 6.07) is 3.54. The molecule has 0 aromatic carbocycles. The lowest BCUT2D eigenvalue weighted by Gasteiger charge is -2.43. The van der Waals surface area contributed by atoms with Crippen LogP contribution in [0.5, 0.6) is 0 Å². The van der Waals surface area contributed by atoms with Gasteiger partial charge in [0.05, 0.1) is 11.8 Å². The lowest BCUT2D eigenvalue weighted by atomic mass is 9.90. The predicted octanol–water partition coefficient (Wildman–Crippen LogP) is 3.38. The third-order valence-corrected chi connectivity index (χ3v) is 6.34. The van der Waals surface area contributed by atoms with Crippen molar-refractivity contribution in [2.24, 2.45) is 0 Å². The molecule has 1 saturated heterocycles. The summed E-state index contributed by atoms with van der Waals surface area (Å²) < 4.78 is 5.94. The van der Waals surface area contributed by atoms with Crippen molar-refractivity contribution in [1.82, 2.24) is 9.88 Å². The highest BCUT2D eigenvalue weighted by Gasteiger charge is 2.40. The van der Waals surface area contributed by atoms with Crippen molar-refractivity contribution in [1.29, 1.82) is 5.41 Å². The number of ether oxygens (including phenoxy) is 1. The Labute approximate surface area is 189 Å². The van der Waals surface area contributed by atoms with Gasteiger partial charge in [-0.05, 0) is 49.3 Å². The number of hydrogen-bond acceptors (Lipinski definition) is 6. The molecule has 1 aromatic heterocycles. The molecule has 7 nitrogen and oxygen atoms in total. The Balaban J connectivity index is 1.14. The topological polar surface area (TPSA) is 98.5 Å². The van der Waals surface area contributed by atoms with Crippen LogP contribution in [0.25, 0.3) is 0 Å². The number of anilines is 1. The Morgan fingerprint density at radius 3 is 3.00 bits per heavy atom. The first-order valence-corrected chi connectivity index (χ1v) is 11.5. The van der Waals surface area contributed by atoms with Gasteiger partial charge >= 0.3 is 5.97 Å². The minimum Gasteiger partial charge on any atom is -0.480 e. The summed E-state index contributed by atoms with van der Waals surface area (Å²) >= 11 is 0. The first-order valence-electron chi connectivity index (χ1n) is 11.5. The number of aryl methyl sites for hydroxylation is 2. The van der Waals surface area contributed by atoms with Gasteiger partial charge in [-0.15, -0.1) is 0 Å². The fourth-order valence-corrected chi connectivity index (χ4v) is 4.46. The Morgan fingerprint density at radius 1 is 1.34 bits per heavy atom. The normalized spacial score (nSPS) is 19.7. The number of nitrogens with one attached hydrogen (secondary N) is 2. The molecule has 3 N–H and O–H groups in total. The molecule has 170 valence electrons. The van der Waals surface area contributed by atoms with Crippen molar-refractivity contribution in [2.45, 2.75) is 50.7 Å². The number of carboxylic acid groups (broad SMARTS) is 1. The number of pyridine rings is 1. The molecule has 0 radical (unpaired) electrons. The van der Waals surface area contributed by atoms with Crippen molar-refractivity contribution in [3.63, 3.8) is 0 Å². The van der Waals surface area contributed by atoms with Crippen LogP contribution in [0.15, 0.2) is 48.1 Å². The number of likely N-dealkylation sites (tertiary alicyclic amines) is 1. The monoisotopic (exact) mass is 436 g/mol. The standard InChI is InChI=1S/C25H32N4O3/c1-17-7-5-10-21(22(17)26)23(25(30)31)29-15-20(16-29)32-14-4-2-3-9-19-12-11-18-8-6-13-27-24(18)28-19/h5,7,10-12,20,23,26H,1-4,6,8-9,13-16H2,(H,27,28)(H,30,31). The number of rotatable bonds is 10. The fraction of sp³-hybridized carbons (Fsp3) is 0.480. The highest BCUT2D eigenvalue weighted by molar-refractivity contribution is 6.16. The van der Waals surface area contributed by atoms with E-state index in [1.54, 1.807) is 18.2 Å². The smallest absolute Gasteiger partial charge is 0.325 e. The van der Waals surface area contributed by atoms with Crippen LogP contribution in [-0.2, 0) is 22.4 Å². The van der Waals surface area contributed by atoms with Crippen LogP contribution in [0.2, 0.25) is 0 Å². The van der Waals surface area contributed by atoms with Gasteiger partial charge in [0.15, 0.2) is 0 Å². The Kier molecular flexibility index (Phi) is 7.17. The van der Waals surface area contributed by atoms with Crippen molar-refractivity contribution in [2.75, 3.05) is 31.6 Å². The molecular formula is C25H32N4O3. The Hall–Kier alpha value is -2.77. The van der Waals surface area contributed by atoms with E-state index in [9.17, 15) is 9.90 Å². The summed E-state index contributed by atoms with van der Waals surface area (Å²) in [6.45, 7) is 6.66. The largest absolute Gasteiger partial charge is 0.480 e. The van der Waals surface area contributed by atoms with Crippen LogP contribution in [0.3, 0.4) is 0 Å². The number of fused-ring (bicyclic) bond motifs is 1. The zero-order valence-electron chi connectivity index (χ0n) is 18.5. The molecular weight excluding hydrogens is 404 g/mol. The minimum atomic E-state index is -0.937. The summed E-state index contributed by atoms with van der Waals surface area (Å²) in [6.07, 6.45) is 11.7. The molecule has 2 aliphatic heterocycles. The molecule has 1 aromatic rings. The van der Waals surface area contributed by atoms with Gasteiger partial charge in [-0.3, -0.25) is 15.1 Å². The van der Waals surface area contributed by atoms with E-state index in [0.717, 1.165) is 50.2 Å². The van der Waals surface area contributed by atoms with E-state index < -0.39 is 12.0 Å². The quantitative estimate of drug-likeness (QED) is 0.487. The zero-order valence-corrected chi connectivity index (χ0v) is 18.5. The fourth-order valence-electron chi connectivity index (χ4n) is 4.46. The average Bonchev–Trinajstić information content (AvgIpc) is 2.76. The number of aromatic nitrogens is 1. The zero-order chi connectivity index (χ0) is 22.5. The minimum absolute atomic E-state index is 0.0577. The average molecular weight is 437 g/mol. The lowest BCUT2D eigenvalue weighted by molar-refractivity contribution is -0.147. The first kappa shape index (κ1) is 22.4. The summed E-state index contributed by atoms with van der Waals surface area (Å²) in [4.78, 5) is 18.4. The van der Waals surface area contributed by atoms with Crippen LogP contribution in [0.1, 0.15) is 36.9 Å². The first-order chi connectivity index (χ1) is 15.5. The second-order valence-electron chi connectivity index (χ2n) is 8.72. The third kappa shape index (κ3) is 5.16.